The van der Waals surface area contributed by atoms with Crippen molar-refractivity contribution in [2.45, 2.75) is 45.3 Å². The van der Waals surface area contributed by atoms with Crippen LogP contribution in [0.4, 0.5) is 0 Å². The maximum absolute atomic E-state index is 11.7. The number of nitrogens with one attached hydrogen (secondary N) is 1. The van der Waals surface area contributed by atoms with Crippen LogP contribution in [0.5, 0.6) is 0 Å². The van der Waals surface area contributed by atoms with E-state index in [1.807, 2.05) is 13.8 Å². The van der Waals surface area contributed by atoms with Gasteiger partial charge in [0.2, 0.25) is 11.8 Å². The first-order chi connectivity index (χ1) is 7.50. The molecule has 2 amide bonds. The van der Waals surface area contributed by atoms with Gasteiger partial charge in [0.15, 0.2) is 0 Å². The van der Waals surface area contributed by atoms with E-state index in [9.17, 15) is 9.59 Å². The average Bonchev–Trinajstić information content (AvgIpc) is 2.68. The van der Waals surface area contributed by atoms with E-state index in [1.54, 1.807) is 0 Å². The molecule has 0 bridgehead atoms. The Morgan fingerprint density at radius 3 is 2.62 bits per heavy atom. The van der Waals surface area contributed by atoms with Gasteiger partial charge in [-0.05, 0) is 25.2 Å². The lowest BCUT2D eigenvalue weighted by Gasteiger charge is -2.19. The molecule has 1 saturated heterocycles. The van der Waals surface area contributed by atoms with E-state index in [0.29, 0.717) is 18.9 Å². The molecule has 1 aliphatic rings. The number of hydrogen-bond donors (Lipinski definition) is 2. The van der Waals surface area contributed by atoms with Gasteiger partial charge in [0.05, 0.1) is 0 Å². The van der Waals surface area contributed by atoms with Gasteiger partial charge in [-0.2, -0.15) is 0 Å². The summed E-state index contributed by atoms with van der Waals surface area (Å²) in [5.74, 6) is -0.399. The highest BCUT2D eigenvalue weighted by molar-refractivity contribution is 5.88. The molecule has 0 aromatic rings. The van der Waals surface area contributed by atoms with Crippen LogP contribution in [0.2, 0.25) is 0 Å². The summed E-state index contributed by atoms with van der Waals surface area (Å²) in [7, 11) is 0. The molecule has 0 aromatic heterocycles. The Kier molecular flexibility index (Phi) is 4.73. The van der Waals surface area contributed by atoms with E-state index in [0.717, 1.165) is 12.8 Å². The van der Waals surface area contributed by atoms with Crippen molar-refractivity contribution in [2.75, 3.05) is 6.61 Å². The molecule has 3 N–H and O–H groups in total. The van der Waals surface area contributed by atoms with E-state index in [-0.39, 0.29) is 5.91 Å². The van der Waals surface area contributed by atoms with Gasteiger partial charge in [-0.3, -0.25) is 9.59 Å². The fourth-order valence-electron chi connectivity index (χ4n) is 1.77. The summed E-state index contributed by atoms with van der Waals surface area (Å²) in [6.45, 7) is 4.58. The fourth-order valence-corrected chi connectivity index (χ4v) is 1.77. The molecule has 5 heteroatoms. The minimum absolute atomic E-state index is 0.220. The summed E-state index contributed by atoms with van der Waals surface area (Å²) in [5, 5.41) is 2.65. The van der Waals surface area contributed by atoms with Crippen molar-refractivity contribution >= 4 is 11.8 Å². The van der Waals surface area contributed by atoms with Gasteiger partial charge in [-0.1, -0.05) is 13.8 Å². The third-order valence-corrected chi connectivity index (χ3v) is 2.59. The van der Waals surface area contributed by atoms with Crippen LogP contribution in [0, 0.1) is 5.92 Å². The predicted molar refractivity (Wildman–Crippen MR) is 59.6 cm³/mol. The molecule has 2 atom stereocenters. The third-order valence-electron chi connectivity index (χ3n) is 2.59. The van der Waals surface area contributed by atoms with E-state index >= 15 is 0 Å². The summed E-state index contributed by atoms with van der Waals surface area (Å²) in [6, 6.07) is -0.586. The molecule has 0 aromatic carbocycles. The van der Waals surface area contributed by atoms with Gasteiger partial charge < -0.3 is 15.8 Å². The third kappa shape index (κ3) is 3.81. The smallest absolute Gasteiger partial charge is 0.249 e. The molecule has 5 nitrogen and oxygen atoms in total. The van der Waals surface area contributed by atoms with Crippen LogP contribution in [-0.2, 0) is 14.3 Å². The Morgan fingerprint density at radius 1 is 1.50 bits per heavy atom. The van der Waals surface area contributed by atoms with Crippen molar-refractivity contribution in [3.05, 3.63) is 0 Å². The van der Waals surface area contributed by atoms with E-state index < -0.39 is 18.1 Å². The van der Waals surface area contributed by atoms with Crippen molar-refractivity contribution < 1.29 is 14.3 Å². The largest absolute Gasteiger partial charge is 0.368 e. The molecule has 0 aliphatic carbocycles. The summed E-state index contributed by atoms with van der Waals surface area (Å²) >= 11 is 0. The maximum Gasteiger partial charge on any atom is 0.249 e. The van der Waals surface area contributed by atoms with Crippen molar-refractivity contribution in [3.8, 4) is 0 Å². The first-order valence-electron chi connectivity index (χ1n) is 5.72. The molecule has 0 radical (unpaired) electrons. The number of hydrogen-bond acceptors (Lipinski definition) is 3. The van der Waals surface area contributed by atoms with Crippen LogP contribution in [0.3, 0.4) is 0 Å². The van der Waals surface area contributed by atoms with E-state index in [4.69, 9.17) is 10.5 Å². The standard InChI is InChI=1S/C11H20N2O3/c1-7(2)6-8(10(12)14)13-11(15)9-4-3-5-16-9/h7-9H,3-6H2,1-2H3,(H2,12,14)(H,13,15)/t8-,9+/m1/s1. The lowest BCUT2D eigenvalue weighted by Crippen LogP contribution is -2.48. The molecule has 16 heavy (non-hydrogen) atoms. The Labute approximate surface area is 95.7 Å². The van der Waals surface area contributed by atoms with Crippen LogP contribution in [0.15, 0.2) is 0 Å². The molecule has 92 valence electrons. The number of amides is 2. The zero-order chi connectivity index (χ0) is 12.1. The summed E-state index contributed by atoms with van der Waals surface area (Å²) in [4.78, 5) is 22.8. The van der Waals surface area contributed by atoms with Crippen LogP contribution in [-0.4, -0.2) is 30.6 Å². The highest BCUT2D eigenvalue weighted by Crippen LogP contribution is 2.13. The molecule has 0 unspecified atom stereocenters. The number of carbonyl (C=O) groups excluding carboxylic acids is 2. The Hall–Kier alpha value is -1.10. The van der Waals surface area contributed by atoms with Crippen molar-refractivity contribution in [3.63, 3.8) is 0 Å². The number of ether oxygens (including phenoxy) is 1. The van der Waals surface area contributed by atoms with Crippen LogP contribution in [0.1, 0.15) is 33.1 Å². The normalized spacial score (nSPS) is 22.1. The van der Waals surface area contributed by atoms with Gasteiger partial charge in [0, 0.05) is 6.61 Å². The van der Waals surface area contributed by atoms with Crippen molar-refractivity contribution in [1.29, 1.82) is 0 Å². The first-order valence-corrected chi connectivity index (χ1v) is 5.72. The molecule has 1 heterocycles. The van der Waals surface area contributed by atoms with Crippen molar-refractivity contribution in [2.24, 2.45) is 11.7 Å². The second-order valence-electron chi connectivity index (χ2n) is 4.59. The predicted octanol–water partition coefficient (Wildman–Crippen LogP) is 0.182. The lowest BCUT2D eigenvalue weighted by molar-refractivity contribution is -0.134. The monoisotopic (exact) mass is 228 g/mol. The van der Waals surface area contributed by atoms with Crippen LogP contribution in [0.25, 0.3) is 0 Å². The Balaban J connectivity index is 2.47. The Morgan fingerprint density at radius 2 is 2.19 bits per heavy atom. The van der Waals surface area contributed by atoms with E-state index in [1.165, 1.54) is 0 Å². The SMILES string of the molecule is CC(C)C[C@@H](NC(=O)[C@@H]1CCCO1)C(N)=O. The first kappa shape index (κ1) is 13.0. The zero-order valence-corrected chi connectivity index (χ0v) is 9.86. The molecule has 0 spiro atoms. The topological polar surface area (TPSA) is 81.4 Å². The number of primary amides is 1. The highest BCUT2D eigenvalue weighted by atomic mass is 16.5. The molecule has 1 aliphatic heterocycles. The summed E-state index contributed by atoms with van der Waals surface area (Å²) < 4.78 is 5.24. The number of carbonyl (C=O) groups is 2. The minimum atomic E-state index is -0.586. The van der Waals surface area contributed by atoms with Crippen LogP contribution >= 0.6 is 0 Å². The molecule has 1 fully saturated rings. The zero-order valence-electron chi connectivity index (χ0n) is 9.86. The molecular formula is C11H20N2O3. The average molecular weight is 228 g/mol. The second-order valence-corrected chi connectivity index (χ2v) is 4.59. The Bertz CT molecular complexity index is 260. The molecule has 0 saturated carbocycles. The van der Waals surface area contributed by atoms with Gasteiger partial charge >= 0.3 is 0 Å². The number of rotatable bonds is 5. The van der Waals surface area contributed by atoms with E-state index in [2.05, 4.69) is 5.32 Å². The fraction of sp³-hybridized carbons (Fsp3) is 0.818. The molecule has 1 rings (SSSR count). The second kappa shape index (κ2) is 5.84. The van der Waals surface area contributed by atoms with Gasteiger partial charge in [-0.15, -0.1) is 0 Å². The highest BCUT2D eigenvalue weighted by Gasteiger charge is 2.27. The molecular weight excluding hydrogens is 208 g/mol. The van der Waals surface area contributed by atoms with Gasteiger partial charge in [-0.25, -0.2) is 0 Å². The van der Waals surface area contributed by atoms with Crippen molar-refractivity contribution in [1.82, 2.24) is 5.32 Å². The maximum atomic E-state index is 11.7. The summed E-state index contributed by atoms with van der Waals surface area (Å²) in [6.07, 6.45) is 1.77. The minimum Gasteiger partial charge on any atom is -0.368 e. The van der Waals surface area contributed by atoms with Gasteiger partial charge in [0.1, 0.15) is 12.1 Å². The lowest BCUT2D eigenvalue weighted by atomic mass is 10.0. The van der Waals surface area contributed by atoms with Gasteiger partial charge in [0.25, 0.3) is 0 Å². The quantitative estimate of drug-likeness (QED) is 0.704. The van der Waals surface area contributed by atoms with Crippen LogP contribution < -0.4 is 11.1 Å². The summed E-state index contributed by atoms with van der Waals surface area (Å²) in [5.41, 5.74) is 5.24. The number of nitrogens with two attached hydrogens (primary N) is 1.